The standard InChI is InChI=1S/C13H11BrN2O2/c1-8-6-9(2-4-11(8)17)13(18)16-12-5-3-10(14)7-15-12/h2-7,17H,1H3,(H,15,16,18). The van der Waals surface area contributed by atoms with E-state index in [1.165, 1.54) is 6.07 Å². The Bertz CT molecular complexity index is 582. The summed E-state index contributed by atoms with van der Waals surface area (Å²) < 4.78 is 0.848. The van der Waals surface area contributed by atoms with E-state index in [0.29, 0.717) is 16.9 Å². The number of hydrogen-bond donors (Lipinski definition) is 2. The molecule has 0 radical (unpaired) electrons. The molecule has 1 heterocycles. The van der Waals surface area contributed by atoms with Gasteiger partial charge in [0.1, 0.15) is 11.6 Å². The first-order valence-corrected chi connectivity index (χ1v) is 6.08. The molecule has 18 heavy (non-hydrogen) atoms. The first kappa shape index (κ1) is 12.6. The van der Waals surface area contributed by atoms with Gasteiger partial charge in [-0.15, -0.1) is 0 Å². The Morgan fingerprint density at radius 1 is 1.33 bits per heavy atom. The number of aryl methyl sites for hydroxylation is 1. The second kappa shape index (κ2) is 5.18. The predicted octanol–water partition coefficient (Wildman–Crippen LogP) is 3.11. The molecule has 5 heteroatoms. The van der Waals surface area contributed by atoms with Gasteiger partial charge in [-0.2, -0.15) is 0 Å². The molecule has 4 nitrogen and oxygen atoms in total. The molecule has 0 bridgehead atoms. The number of nitrogens with one attached hydrogen (secondary N) is 1. The van der Waals surface area contributed by atoms with Gasteiger partial charge in [0.2, 0.25) is 0 Å². The number of carbonyl (C=O) groups excluding carboxylic acids is 1. The molecule has 0 aliphatic rings. The van der Waals surface area contributed by atoms with Gasteiger partial charge in [-0.1, -0.05) is 0 Å². The van der Waals surface area contributed by atoms with Crippen LogP contribution in [0, 0.1) is 6.92 Å². The lowest BCUT2D eigenvalue weighted by Crippen LogP contribution is -2.12. The third-order valence-electron chi connectivity index (χ3n) is 2.43. The summed E-state index contributed by atoms with van der Waals surface area (Å²) in [4.78, 5) is 16.0. The van der Waals surface area contributed by atoms with Gasteiger partial charge in [0.05, 0.1) is 0 Å². The number of aromatic nitrogens is 1. The van der Waals surface area contributed by atoms with E-state index in [1.807, 2.05) is 0 Å². The van der Waals surface area contributed by atoms with E-state index in [1.54, 1.807) is 37.4 Å². The molecule has 92 valence electrons. The molecule has 0 saturated carbocycles. The Hall–Kier alpha value is -1.88. The molecule has 0 aliphatic heterocycles. The fourth-order valence-electron chi connectivity index (χ4n) is 1.43. The van der Waals surface area contributed by atoms with Crippen LogP contribution in [-0.4, -0.2) is 16.0 Å². The highest BCUT2D eigenvalue weighted by Crippen LogP contribution is 2.18. The third-order valence-corrected chi connectivity index (χ3v) is 2.90. The molecule has 0 saturated heterocycles. The van der Waals surface area contributed by atoms with Crippen LogP contribution in [0.2, 0.25) is 0 Å². The lowest BCUT2D eigenvalue weighted by molar-refractivity contribution is 0.102. The van der Waals surface area contributed by atoms with Crippen molar-refractivity contribution in [2.45, 2.75) is 6.92 Å². The van der Waals surface area contributed by atoms with Crippen molar-refractivity contribution in [3.05, 3.63) is 52.1 Å². The number of phenolic OH excluding ortho intramolecular Hbond substituents is 1. The number of phenols is 1. The van der Waals surface area contributed by atoms with Crippen molar-refractivity contribution < 1.29 is 9.90 Å². The fourth-order valence-corrected chi connectivity index (χ4v) is 1.67. The van der Waals surface area contributed by atoms with Crippen molar-refractivity contribution in [2.24, 2.45) is 0 Å². The Kier molecular flexibility index (Phi) is 3.62. The normalized spacial score (nSPS) is 10.1. The highest BCUT2D eigenvalue weighted by molar-refractivity contribution is 9.10. The number of hydrogen-bond acceptors (Lipinski definition) is 3. The number of anilines is 1. The molecule has 0 aliphatic carbocycles. The molecular weight excluding hydrogens is 296 g/mol. The van der Waals surface area contributed by atoms with Crippen LogP contribution >= 0.6 is 15.9 Å². The summed E-state index contributed by atoms with van der Waals surface area (Å²) >= 11 is 3.27. The Morgan fingerprint density at radius 2 is 2.11 bits per heavy atom. The number of nitrogens with zero attached hydrogens (tertiary/aromatic N) is 1. The summed E-state index contributed by atoms with van der Waals surface area (Å²) in [6, 6.07) is 8.19. The van der Waals surface area contributed by atoms with Crippen LogP contribution in [0.15, 0.2) is 41.0 Å². The second-order valence-corrected chi connectivity index (χ2v) is 4.73. The molecule has 2 rings (SSSR count). The third kappa shape index (κ3) is 2.87. The van der Waals surface area contributed by atoms with Crippen molar-refractivity contribution in [3.8, 4) is 5.75 Å². The summed E-state index contributed by atoms with van der Waals surface area (Å²) in [5.74, 6) is 0.398. The maximum Gasteiger partial charge on any atom is 0.256 e. The smallest absolute Gasteiger partial charge is 0.256 e. The lowest BCUT2D eigenvalue weighted by atomic mass is 10.1. The number of amides is 1. The van der Waals surface area contributed by atoms with Gasteiger partial charge in [0, 0.05) is 16.2 Å². The Balaban J connectivity index is 2.16. The Morgan fingerprint density at radius 3 is 2.72 bits per heavy atom. The van der Waals surface area contributed by atoms with Gasteiger partial charge in [-0.05, 0) is 58.7 Å². The first-order chi connectivity index (χ1) is 8.56. The molecule has 1 aromatic heterocycles. The van der Waals surface area contributed by atoms with Crippen LogP contribution in [0.5, 0.6) is 5.75 Å². The van der Waals surface area contributed by atoms with Gasteiger partial charge in [-0.3, -0.25) is 4.79 Å². The zero-order chi connectivity index (χ0) is 13.1. The van der Waals surface area contributed by atoms with Crippen LogP contribution < -0.4 is 5.32 Å². The quantitative estimate of drug-likeness (QED) is 0.896. The number of carbonyl (C=O) groups is 1. The largest absolute Gasteiger partial charge is 0.508 e. The minimum atomic E-state index is -0.257. The zero-order valence-corrected chi connectivity index (χ0v) is 11.2. The molecule has 1 amide bonds. The summed E-state index contributed by atoms with van der Waals surface area (Å²) in [5.41, 5.74) is 1.14. The van der Waals surface area contributed by atoms with E-state index in [0.717, 1.165) is 4.47 Å². The highest BCUT2D eigenvalue weighted by atomic mass is 79.9. The molecule has 0 spiro atoms. The van der Waals surface area contributed by atoms with Crippen LogP contribution in [0.3, 0.4) is 0 Å². The van der Waals surface area contributed by atoms with Crippen LogP contribution in [0.4, 0.5) is 5.82 Å². The maximum atomic E-state index is 11.9. The van der Waals surface area contributed by atoms with E-state index in [4.69, 9.17) is 0 Å². The number of pyridine rings is 1. The number of benzene rings is 1. The average molecular weight is 307 g/mol. The summed E-state index contributed by atoms with van der Waals surface area (Å²) in [7, 11) is 0. The SMILES string of the molecule is Cc1cc(C(=O)Nc2ccc(Br)cn2)ccc1O. The molecule has 2 aromatic rings. The molecule has 0 unspecified atom stereocenters. The molecular formula is C13H11BrN2O2. The van der Waals surface area contributed by atoms with Gasteiger partial charge in [0.25, 0.3) is 5.91 Å². The molecule has 0 fully saturated rings. The number of halogens is 1. The molecule has 0 atom stereocenters. The van der Waals surface area contributed by atoms with Crippen molar-refractivity contribution in [1.82, 2.24) is 4.98 Å². The van der Waals surface area contributed by atoms with Gasteiger partial charge >= 0.3 is 0 Å². The van der Waals surface area contributed by atoms with Crippen molar-refractivity contribution in [1.29, 1.82) is 0 Å². The number of aromatic hydroxyl groups is 1. The number of rotatable bonds is 2. The van der Waals surface area contributed by atoms with Gasteiger partial charge in [0.15, 0.2) is 0 Å². The van der Waals surface area contributed by atoms with Crippen LogP contribution in [-0.2, 0) is 0 Å². The van der Waals surface area contributed by atoms with Gasteiger partial charge in [-0.25, -0.2) is 4.98 Å². The van der Waals surface area contributed by atoms with Crippen LogP contribution in [0.25, 0.3) is 0 Å². The fraction of sp³-hybridized carbons (Fsp3) is 0.0769. The summed E-state index contributed by atoms with van der Waals surface area (Å²) in [6.07, 6.45) is 1.61. The Labute approximate surface area is 113 Å². The van der Waals surface area contributed by atoms with E-state index in [9.17, 15) is 9.90 Å². The predicted molar refractivity (Wildman–Crippen MR) is 72.7 cm³/mol. The summed E-state index contributed by atoms with van der Waals surface area (Å²) in [6.45, 7) is 1.74. The zero-order valence-electron chi connectivity index (χ0n) is 9.64. The maximum absolute atomic E-state index is 11.9. The van der Waals surface area contributed by atoms with Crippen molar-refractivity contribution >= 4 is 27.7 Å². The van der Waals surface area contributed by atoms with Gasteiger partial charge < -0.3 is 10.4 Å². The van der Waals surface area contributed by atoms with E-state index < -0.39 is 0 Å². The van der Waals surface area contributed by atoms with E-state index in [-0.39, 0.29) is 11.7 Å². The lowest BCUT2D eigenvalue weighted by Gasteiger charge is -2.06. The monoisotopic (exact) mass is 306 g/mol. The van der Waals surface area contributed by atoms with Crippen molar-refractivity contribution in [2.75, 3.05) is 5.32 Å². The topological polar surface area (TPSA) is 62.2 Å². The highest BCUT2D eigenvalue weighted by Gasteiger charge is 2.08. The van der Waals surface area contributed by atoms with Crippen molar-refractivity contribution in [3.63, 3.8) is 0 Å². The molecule has 1 aromatic carbocycles. The first-order valence-electron chi connectivity index (χ1n) is 5.29. The van der Waals surface area contributed by atoms with E-state index in [2.05, 4.69) is 26.2 Å². The summed E-state index contributed by atoms with van der Waals surface area (Å²) in [5, 5.41) is 12.1. The van der Waals surface area contributed by atoms with E-state index >= 15 is 0 Å². The molecule has 2 N–H and O–H groups in total. The minimum Gasteiger partial charge on any atom is -0.508 e. The average Bonchev–Trinajstić information content (AvgIpc) is 2.35. The van der Waals surface area contributed by atoms with Crippen LogP contribution in [0.1, 0.15) is 15.9 Å². The minimum absolute atomic E-state index is 0.174. The second-order valence-electron chi connectivity index (χ2n) is 3.82.